The van der Waals surface area contributed by atoms with Gasteiger partial charge in [-0.3, -0.25) is 14.5 Å². The Balaban J connectivity index is 2.18. The molecule has 0 saturated heterocycles. The molecule has 0 fully saturated rings. The van der Waals surface area contributed by atoms with Crippen LogP contribution in [-0.4, -0.2) is 19.5 Å². The fourth-order valence-corrected chi connectivity index (χ4v) is 2.24. The van der Waals surface area contributed by atoms with E-state index in [9.17, 15) is 0 Å². The van der Waals surface area contributed by atoms with Crippen molar-refractivity contribution in [2.75, 3.05) is 5.73 Å². The van der Waals surface area contributed by atoms with E-state index in [1.54, 1.807) is 31.0 Å². The molecule has 0 unspecified atom stereocenters. The Hall–Kier alpha value is -2.69. The van der Waals surface area contributed by atoms with Crippen LogP contribution in [0.15, 0.2) is 43.1 Å². The summed E-state index contributed by atoms with van der Waals surface area (Å²) in [5.74, 6) is 0. The Morgan fingerprint density at radius 3 is 2.65 bits per heavy atom. The van der Waals surface area contributed by atoms with Gasteiger partial charge in [-0.2, -0.15) is 0 Å². The minimum atomic E-state index is 0.680. The number of hydrogen-bond acceptors (Lipinski definition) is 4. The summed E-state index contributed by atoms with van der Waals surface area (Å²) in [6, 6.07) is 5.81. The Labute approximate surface area is 117 Å². The Morgan fingerprint density at radius 1 is 1.05 bits per heavy atom. The Kier molecular flexibility index (Phi) is 2.95. The number of nitrogens with two attached hydrogens (primary N) is 1. The van der Waals surface area contributed by atoms with Crippen LogP contribution in [0.4, 0.5) is 5.69 Å². The lowest BCUT2D eigenvalue weighted by atomic mass is 10.1. The lowest BCUT2D eigenvalue weighted by molar-refractivity contribution is 0.996. The highest BCUT2D eigenvalue weighted by Gasteiger charge is 2.12. The minimum absolute atomic E-state index is 0.680. The van der Waals surface area contributed by atoms with Gasteiger partial charge in [-0.1, -0.05) is 0 Å². The van der Waals surface area contributed by atoms with E-state index in [0.29, 0.717) is 5.69 Å². The molecule has 100 valence electrons. The summed E-state index contributed by atoms with van der Waals surface area (Å²) in [6.45, 7) is 3.96. The molecule has 20 heavy (non-hydrogen) atoms. The highest BCUT2D eigenvalue weighted by atomic mass is 15.1. The highest BCUT2D eigenvalue weighted by Crippen LogP contribution is 2.27. The zero-order chi connectivity index (χ0) is 14.1. The van der Waals surface area contributed by atoms with Crippen molar-refractivity contribution in [3.8, 4) is 16.9 Å². The second-order valence-electron chi connectivity index (χ2n) is 4.67. The first-order valence-electron chi connectivity index (χ1n) is 6.33. The van der Waals surface area contributed by atoms with Crippen molar-refractivity contribution in [2.24, 2.45) is 0 Å². The van der Waals surface area contributed by atoms with Crippen molar-refractivity contribution in [3.63, 3.8) is 0 Å². The van der Waals surface area contributed by atoms with Crippen molar-refractivity contribution >= 4 is 5.69 Å². The molecular weight excluding hydrogens is 250 g/mol. The SMILES string of the molecule is Cc1ccc(-n2cncc2-c2cnccc2N)c(C)n1. The number of rotatable bonds is 2. The molecular formula is C15H15N5. The predicted molar refractivity (Wildman–Crippen MR) is 78.5 cm³/mol. The van der Waals surface area contributed by atoms with Crippen LogP contribution >= 0.6 is 0 Å². The lowest BCUT2D eigenvalue weighted by Crippen LogP contribution is -2.02. The maximum atomic E-state index is 6.02. The number of nitrogens with zero attached hydrogens (tertiary/aromatic N) is 4. The topological polar surface area (TPSA) is 69.6 Å². The maximum Gasteiger partial charge on any atom is 0.0997 e. The van der Waals surface area contributed by atoms with Crippen LogP contribution < -0.4 is 5.73 Å². The monoisotopic (exact) mass is 265 g/mol. The highest BCUT2D eigenvalue weighted by molar-refractivity contribution is 5.73. The molecule has 0 aliphatic carbocycles. The zero-order valence-electron chi connectivity index (χ0n) is 11.4. The number of pyridine rings is 2. The molecule has 3 heterocycles. The van der Waals surface area contributed by atoms with Crippen molar-refractivity contribution in [1.82, 2.24) is 19.5 Å². The van der Waals surface area contributed by atoms with Gasteiger partial charge in [0.1, 0.15) is 0 Å². The molecule has 5 nitrogen and oxygen atoms in total. The third-order valence-electron chi connectivity index (χ3n) is 3.23. The fourth-order valence-electron chi connectivity index (χ4n) is 2.24. The van der Waals surface area contributed by atoms with Crippen molar-refractivity contribution < 1.29 is 0 Å². The van der Waals surface area contributed by atoms with Crippen molar-refractivity contribution in [1.29, 1.82) is 0 Å². The second kappa shape index (κ2) is 4.77. The summed E-state index contributed by atoms with van der Waals surface area (Å²) in [6.07, 6.45) is 6.98. The zero-order valence-corrected chi connectivity index (χ0v) is 11.4. The van der Waals surface area contributed by atoms with E-state index in [1.165, 1.54) is 0 Å². The molecule has 0 bridgehead atoms. The van der Waals surface area contributed by atoms with Gasteiger partial charge in [-0.15, -0.1) is 0 Å². The van der Waals surface area contributed by atoms with Crippen LogP contribution in [0.5, 0.6) is 0 Å². The molecule has 0 aliphatic rings. The molecule has 0 aromatic carbocycles. The first-order chi connectivity index (χ1) is 9.66. The lowest BCUT2D eigenvalue weighted by Gasteiger charge is -2.12. The molecule has 2 N–H and O–H groups in total. The largest absolute Gasteiger partial charge is 0.398 e. The van der Waals surface area contributed by atoms with E-state index in [0.717, 1.165) is 28.3 Å². The quantitative estimate of drug-likeness (QED) is 0.773. The van der Waals surface area contributed by atoms with Crippen LogP contribution in [0.2, 0.25) is 0 Å². The van der Waals surface area contributed by atoms with Gasteiger partial charge in [0.25, 0.3) is 0 Å². The molecule has 0 spiro atoms. The molecule has 0 atom stereocenters. The molecule has 0 radical (unpaired) electrons. The number of aromatic nitrogens is 4. The number of hydrogen-bond donors (Lipinski definition) is 1. The molecule has 3 aromatic rings. The molecule has 0 aliphatic heterocycles. The summed E-state index contributed by atoms with van der Waals surface area (Å²) in [7, 11) is 0. The summed E-state index contributed by atoms with van der Waals surface area (Å²) >= 11 is 0. The van der Waals surface area contributed by atoms with E-state index < -0.39 is 0 Å². The van der Waals surface area contributed by atoms with E-state index >= 15 is 0 Å². The summed E-state index contributed by atoms with van der Waals surface area (Å²) in [5, 5.41) is 0. The standard InChI is InChI=1S/C15H15N5/c1-10-3-4-14(11(2)19-10)20-9-18-8-15(20)12-7-17-6-5-13(12)16/h3-9H,1-2H3,(H2,16,17). The molecule has 0 saturated carbocycles. The van der Waals surface area contributed by atoms with Gasteiger partial charge in [0.2, 0.25) is 0 Å². The van der Waals surface area contributed by atoms with Crippen LogP contribution in [0.25, 0.3) is 16.9 Å². The van der Waals surface area contributed by atoms with Gasteiger partial charge in [-0.05, 0) is 32.0 Å². The van der Waals surface area contributed by atoms with E-state index in [-0.39, 0.29) is 0 Å². The van der Waals surface area contributed by atoms with Gasteiger partial charge in [-0.25, -0.2) is 4.98 Å². The average Bonchev–Trinajstić information content (AvgIpc) is 2.88. The third-order valence-corrected chi connectivity index (χ3v) is 3.23. The number of anilines is 1. The summed E-state index contributed by atoms with van der Waals surface area (Å²) < 4.78 is 1.98. The normalized spacial score (nSPS) is 10.7. The van der Waals surface area contributed by atoms with Gasteiger partial charge in [0.15, 0.2) is 0 Å². The number of imidazole rings is 1. The summed E-state index contributed by atoms with van der Waals surface area (Å²) in [5.41, 5.74) is 11.4. The first-order valence-corrected chi connectivity index (χ1v) is 6.33. The van der Waals surface area contributed by atoms with E-state index in [4.69, 9.17) is 5.73 Å². The Bertz CT molecular complexity index is 760. The van der Waals surface area contributed by atoms with Gasteiger partial charge >= 0.3 is 0 Å². The van der Waals surface area contributed by atoms with Gasteiger partial charge < -0.3 is 5.73 Å². The number of aryl methyl sites for hydroxylation is 2. The first kappa shape index (κ1) is 12.3. The fraction of sp³-hybridized carbons (Fsp3) is 0.133. The van der Waals surface area contributed by atoms with Gasteiger partial charge in [0, 0.05) is 29.3 Å². The molecule has 3 rings (SSSR count). The van der Waals surface area contributed by atoms with Gasteiger partial charge in [0.05, 0.1) is 29.6 Å². The van der Waals surface area contributed by atoms with Crippen LogP contribution in [0.1, 0.15) is 11.4 Å². The third kappa shape index (κ3) is 2.03. The van der Waals surface area contributed by atoms with Crippen LogP contribution in [-0.2, 0) is 0 Å². The van der Waals surface area contributed by atoms with E-state index in [2.05, 4.69) is 15.0 Å². The summed E-state index contributed by atoms with van der Waals surface area (Å²) in [4.78, 5) is 12.9. The molecule has 3 aromatic heterocycles. The Morgan fingerprint density at radius 2 is 1.90 bits per heavy atom. The van der Waals surface area contributed by atoms with Crippen molar-refractivity contribution in [3.05, 3.63) is 54.5 Å². The predicted octanol–water partition coefficient (Wildman–Crippen LogP) is 2.53. The average molecular weight is 265 g/mol. The van der Waals surface area contributed by atoms with Crippen LogP contribution in [0.3, 0.4) is 0 Å². The van der Waals surface area contributed by atoms with E-state index in [1.807, 2.05) is 30.5 Å². The number of nitrogen functional groups attached to an aromatic ring is 1. The van der Waals surface area contributed by atoms with Crippen LogP contribution in [0, 0.1) is 13.8 Å². The smallest absolute Gasteiger partial charge is 0.0997 e. The maximum absolute atomic E-state index is 6.02. The minimum Gasteiger partial charge on any atom is -0.398 e. The molecule has 0 amide bonds. The van der Waals surface area contributed by atoms with Crippen molar-refractivity contribution in [2.45, 2.75) is 13.8 Å². The second-order valence-corrected chi connectivity index (χ2v) is 4.67. The molecule has 5 heteroatoms.